The van der Waals surface area contributed by atoms with Crippen molar-refractivity contribution in [3.63, 3.8) is 0 Å². The van der Waals surface area contributed by atoms with E-state index < -0.39 is 0 Å². The molecule has 0 saturated carbocycles. The van der Waals surface area contributed by atoms with Gasteiger partial charge in [-0.15, -0.1) is 15.0 Å². The maximum absolute atomic E-state index is 10.0. The third-order valence-electron chi connectivity index (χ3n) is 3.03. The second-order valence-electron chi connectivity index (χ2n) is 4.32. The van der Waals surface area contributed by atoms with Crippen LogP contribution >= 0.6 is 11.6 Å². The lowest BCUT2D eigenvalue weighted by Crippen LogP contribution is -1.99. The zero-order valence-electron chi connectivity index (χ0n) is 10.1. The third kappa shape index (κ3) is 1.65. The van der Waals surface area contributed by atoms with Crippen molar-refractivity contribution in [1.82, 2.24) is 15.0 Å². The Morgan fingerprint density at radius 2 is 1.80 bits per heavy atom. The number of benzene rings is 2. The van der Waals surface area contributed by atoms with Gasteiger partial charge in [0.1, 0.15) is 22.5 Å². The quantitative estimate of drug-likeness (QED) is 0.745. The summed E-state index contributed by atoms with van der Waals surface area (Å²) in [5.74, 6) is 1.07. The number of aromatic hydroxyl groups is 1. The Bertz CT molecular complexity index is 831. The van der Waals surface area contributed by atoms with Crippen LogP contribution in [0.3, 0.4) is 0 Å². The number of phenols is 1. The van der Waals surface area contributed by atoms with Gasteiger partial charge in [-0.3, -0.25) is 0 Å². The predicted octanol–water partition coefficient (Wildman–Crippen LogP) is 2.51. The van der Waals surface area contributed by atoms with Gasteiger partial charge in [0.25, 0.3) is 0 Å². The summed E-state index contributed by atoms with van der Waals surface area (Å²) < 4.78 is 10.5. The second kappa shape index (κ2) is 4.01. The van der Waals surface area contributed by atoms with E-state index >= 15 is 0 Å². The molecule has 0 bridgehead atoms. The van der Waals surface area contributed by atoms with Gasteiger partial charge in [-0.05, 0) is 18.2 Å². The summed E-state index contributed by atoms with van der Waals surface area (Å²) in [6.45, 7) is 0.141. The third-order valence-corrected chi connectivity index (χ3v) is 3.26. The molecular weight excluding hydrogens is 282 g/mol. The molecule has 0 atom stereocenters. The van der Waals surface area contributed by atoms with Crippen LogP contribution in [0.4, 0.5) is 0 Å². The normalized spacial score (nSPS) is 13.1. The van der Waals surface area contributed by atoms with Crippen LogP contribution in [0, 0.1) is 0 Å². The van der Waals surface area contributed by atoms with E-state index in [1.54, 1.807) is 24.3 Å². The topological polar surface area (TPSA) is 69.4 Å². The number of rotatable bonds is 1. The molecule has 2 heterocycles. The molecule has 1 aliphatic heterocycles. The first-order valence-corrected chi connectivity index (χ1v) is 6.24. The van der Waals surface area contributed by atoms with E-state index in [1.807, 2.05) is 0 Å². The zero-order chi connectivity index (χ0) is 13.7. The fourth-order valence-electron chi connectivity index (χ4n) is 2.08. The van der Waals surface area contributed by atoms with Crippen LogP contribution in [-0.4, -0.2) is 26.9 Å². The summed E-state index contributed by atoms with van der Waals surface area (Å²) in [7, 11) is 0. The van der Waals surface area contributed by atoms with E-state index in [-0.39, 0.29) is 12.5 Å². The first kappa shape index (κ1) is 11.4. The summed E-state index contributed by atoms with van der Waals surface area (Å²) in [5.41, 5.74) is 1.75. The van der Waals surface area contributed by atoms with E-state index in [2.05, 4.69) is 10.2 Å². The van der Waals surface area contributed by atoms with Gasteiger partial charge in [0, 0.05) is 17.2 Å². The second-order valence-corrected chi connectivity index (χ2v) is 4.75. The summed E-state index contributed by atoms with van der Waals surface area (Å²) in [6.07, 6.45) is 0. The van der Waals surface area contributed by atoms with Crippen LogP contribution in [-0.2, 0) is 0 Å². The average Bonchev–Trinajstić information content (AvgIpc) is 3.02. The summed E-state index contributed by atoms with van der Waals surface area (Å²) in [6, 6.07) is 8.34. The van der Waals surface area contributed by atoms with Crippen LogP contribution in [0.25, 0.3) is 16.7 Å². The molecule has 0 aliphatic carbocycles. The van der Waals surface area contributed by atoms with Crippen LogP contribution in [0.2, 0.25) is 5.02 Å². The Morgan fingerprint density at radius 1 is 1.05 bits per heavy atom. The fraction of sp³-hybridized carbons (Fsp3) is 0.0769. The Hall–Kier alpha value is -2.47. The van der Waals surface area contributed by atoms with Gasteiger partial charge in [0.2, 0.25) is 6.79 Å². The van der Waals surface area contributed by atoms with E-state index in [4.69, 9.17) is 21.1 Å². The van der Waals surface area contributed by atoms with Gasteiger partial charge in [-0.25, -0.2) is 0 Å². The maximum Gasteiger partial charge on any atom is 0.231 e. The minimum atomic E-state index is 0.0145. The van der Waals surface area contributed by atoms with Crippen LogP contribution in [0.5, 0.6) is 17.2 Å². The smallest absolute Gasteiger partial charge is 0.231 e. The molecule has 4 rings (SSSR count). The summed E-state index contributed by atoms with van der Waals surface area (Å²) >= 11 is 5.92. The lowest BCUT2D eigenvalue weighted by Gasteiger charge is -2.04. The highest BCUT2D eigenvalue weighted by Gasteiger charge is 2.19. The molecule has 1 N–H and O–H groups in total. The fourth-order valence-corrected chi connectivity index (χ4v) is 2.24. The molecular formula is C13H8ClN3O3. The molecule has 100 valence electrons. The molecule has 1 aliphatic rings. The van der Waals surface area contributed by atoms with Gasteiger partial charge < -0.3 is 14.6 Å². The number of phenolic OH excluding ortho intramolecular Hbond substituents is 1. The first-order chi connectivity index (χ1) is 9.70. The number of nitrogens with zero attached hydrogens (tertiary/aromatic N) is 3. The average molecular weight is 290 g/mol. The number of halogens is 1. The van der Waals surface area contributed by atoms with Crippen molar-refractivity contribution >= 4 is 22.6 Å². The molecule has 0 radical (unpaired) electrons. The van der Waals surface area contributed by atoms with Crippen LogP contribution < -0.4 is 9.47 Å². The number of hydrogen-bond acceptors (Lipinski definition) is 5. The highest BCUT2D eigenvalue weighted by atomic mass is 35.5. The Balaban J connectivity index is 1.90. The molecule has 0 amide bonds. The first-order valence-electron chi connectivity index (χ1n) is 5.86. The molecule has 2 aromatic carbocycles. The summed E-state index contributed by atoms with van der Waals surface area (Å²) in [5, 5.41) is 19.2. The van der Waals surface area contributed by atoms with Crippen molar-refractivity contribution in [2.45, 2.75) is 0 Å². The van der Waals surface area contributed by atoms with Gasteiger partial charge in [0.05, 0.1) is 0 Å². The highest BCUT2D eigenvalue weighted by Crippen LogP contribution is 2.38. The number of fused-ring (bicyclic) bond motifs is 2. The molecule has 0 fully saturated rings. The number of aromatic nitrogens is 3. The van der Waals surface area contributed by atoms with Gasteiger partial charge in [0.15, 0.2) is 11.5 Å². The van der Waals surface area contributed by atoms with E-state index in [9.17, 15) is 5.11 Å². The lowest BCUT2D eigenvalue weighted by atomic mass is 10.2. The molecule has 20 heavy (non-hydrogen) atoms. The molecule has 0 saturated heterocycles. The largest absolute Gasteiger partial charge is 0.505 e. The van der Waals surface area contributed by atoms with Crippen molar-refractivity contribution in [1.29, 1.82) is 0 Å². The van der Waals surface area contributed by atoms with Gasteiger partial charge in [-0.2, -0.15) is 0 Å². The van der Waals surface area contributed by atoms with Crippen LogP contribution in [0.1, 0.15) is 0 Å². The van der Waals surface area contributed by atoms with Crippen molar-refractivity contribution in [3.8, 4) is 22.9 Å². The SMILES string of the molecule is Oc1cc2c(cc1-n1nc3ccc(Cl)cc3n1)OCO2. The maximum atomic E-state index is 10.0. The van der Waals surface area contributed by atoms with Crippen LogP contribution in [0.15, 0.2) is 30.3 Å². The van der Waals surface area contributed by atoms with E-state index in [1.165, 1.54) is 10.9 Å². The predicted molar refractivity (Wildman–Crippen MR) is 71.7 cm³/mol. The minimum absolute atomic E-state index is 0.0145. The molecule has 6 nitrogen and oxygen atoms in total. The zero-order valence-corrected chi connectivity index (χ0v) is 10.8. The molecule has 7 heteroatoms. The molecule has 0 spiro atoms. The minimum Gasteiger partial charge on any atom is -0.505 e. The van der Waals surface area contributed by atoms with E-state index in [0.717, 1.165) is 0 Å². The Labute approximate surface area is 118 Å². The van der Waals surface area contributed by atoms with Gasteiger partial charge >= 0.3 is 0 Å². The standard InChI is InChI=1S/C13H8ClN3O3/c14-7-1-2-8-9(3-7)16-17(15-8)10-4-12-13(5-11(10)18)20-6-19-12/h1-5,18H,6H2. The van der Waals surface area contributed by atoms with Crippen molar-refractivity contribution in [2.75, 3.05) is 6.79 Å². The Morgan fingerprint density at radius 3 is 2.65 bits per heavy atom. The monoisotopic (exact) mass is 289 g/mol. The molecule has 1 aromatic heterocycles. The van der Waals surface area contributed by atoms with Gasteiger partial charge in [-0.1, -0.05) is 11.6 Å². The number of hydrogen-bond donors (Lipinski definition) is 1. The molecule has 3 aromatic rings. The van der Waals surface area contributed by atoms with Crippen molar-refractivity contribution in [2.24, 2.45) is 0 Å². The number of ether oxygens (including phenoxy) is 2. The van der Waals surface area contributed by atoms with E-state index in [0.29, 0.717) is 33.2 Å². The lowest BCUT2D eigenvalue weighted by molar-refractivity contribution is 0.174. The Kier molecular flexibility index (Phi) is 2.28. The molecule has 0 unspecified atom stereocenters. The van der Waals surface area contributed by atoms with Crippen molar-refractivity contribution in [3.05, 3.63) is 35.4 Å². The van der Waals surface area contributed by atoms with Crippen molar-refractivity contribution < 1.29 is 14.6 Å². The highest BCUT2D eigenvalue weighted by molar-refractivity contribution is 6.31. The summed E-state index contributed by atoms with van der Waals surface area (Å²) in [4.78, 5) is 1.35.